The lowest BCUT2D eigenvalue weighted by Crippen LogP contribution is -2.18. The summed E-state index contributed by atoms with van der Waals surface area (Å²) in [5.74, 6) is 0.0913. The Kier molecular flexibility index (Phi) is 6.55. The molecule has 0 radical (unpaired) electrons. The number of ether oxygens (including phenoxy) is 2. The molecule has 31 heavy (non-hydrogen) atoms. The van der Waals surface area contributed by atoms with Crippen molar-refractivity contribution in [3.63, 3.8) is 0 Å². The highest BCUT2D eigenvalue weighted by Crippen LogP contribution is 2.19. The molecule has 0 saturated carbocycles. The van der Waals surface area contributed by atoms with Gasteiger partial charge in [0, 0.05) is 12.1 Å². The first kappa shape index (κ1) is 21.8. The smallest absolute Gasteiger partial charge is 0.411 e. The number of benzene rings is 1. The van der Waals surface area contributed by atoms with Crippen LogP contribution in [0.3, 0.4) is 0 Å². The van der Waals surface area contributed by atoms with Crippen LogP contribution >= 0.6 is 0 Å². The average molecular weight is 440 g/mol. The van der Waals surface area contributed by atoms with Gasteiger partial charge in [-0.25, -0.2) is 4.68 Å². The Hall–Kier alpha value is -3.87. The van der Waals surface area contributed by atoms with Crippen LogP contribution in [-0.4, -0.2) is 33.4 Å². The van der Waals surface area contributed by atoms with Crippen LogP contribution in [0.5, 0.6) is 5.75 Å². The molecule has 164 valence electrons. The number of carbonyl (C=O) groups is 1. The first-order chi connectivity index (χ1) is 14.7. The number of nitrogens with zero attached hydrogens (tertiary/aromatic N) is 3. The SMILES string of the molecule is O=C(Nc1cnn(COCC(F)(F)F)c1)c1ccc(COc2ccc([N+](=O)[O-])cc2)o1. The number of halogens is 3. The minimum absolute atomic E-state index is 0.0143. The van der Waals surface area contributed by atoms with E-state index in [2.05, 4.69) is 15.2 Å². The molecule has 10 nitrogen and oxygen atoms in total. The van der Waals surface area contributed by atoms with Crippen molar-refractivity contribution in [2.75, 3.05) is 11.9 Å². The molecule has 0 spiro atoms. The van der Waals surface area contributed by atoms with Gasteiger partial charge in [0.2, 0.25) is 0 Å². The van der Waals surface area contributed by atoms with E-state index >= 15 is 0 Å². The lowest BCUT2D eigenvalue weighted by molar-refractivity contribution is -0.384. The third-order valence-electron chi connectivity index (χ3n) is 3.69. The molecule has 1 aromatic carbocycles. The standard InChI is InChI=1S/C18H15F3N4O6/c19-18(20,21)10-29-11-24-8-12(7-22-24)23-17(26)16-6-5-15(31-16)9-30-14-3-1-13(2-4-14)25(27)28/h1-8H,9-11H2,(H,23,26). The third-order valence-corrected chi connectivity index (χ3v) is 3.69. The molecule has 1 amide bonds. The summed E-state index contributed by atoms with van der Waals surface area (Å²) >= 11 is 0. The summed E-state index contributed by atoms with van der Waals surface area (Å²) in [6, 6.07) is 8.40. The Morgan fingerprint density at radius 1 is 1.23 bits per heavy atom. The summed E-state index contributed by atoms with van der Waals surface area (Å²) < 4.78 is 52.6. The normalized spacial score (nSPS) is 11.3. The molecule has 1 N–H and O–H groups in total. The number of nitro groups is 1. The maximum absolute atomic E-state index is 12.2. The lowest BCUT2D eigenvalue weighted by Gasteiger charge is -2.07. The number of hydrogen-bond donors (Lipinski definition) is 1. The van der Waals surface area contributed by atoms with E-state index in [0.717, 1.165) is 4.68 Å². The molecule has 3 rings (SSSR count). The Labute approximate surface area is 172 Å². The average Bonchev–Trinajstić information content (AvgIpc) is 3.35. The van der Waals surface area contributed by atoms with E-state index in [9.17, 15) is 28.1 Å². The summed E-state index contributed by atoms with van der Waals surface area (Å²) in [5, 5.41) is 16.9. The number of carbonyl (C=O) groups excluding carboxylic acids is 1. The van der Waals surface area contributed by atoms with Gasteiger partial charge in [-0.05, 0) is 24.3 Å². The number of rotatable bonds is 9. The predicted octanol–water partition coefficient (Wildman–Crippen LogP) is 3.75. The van der Waals surface area contributed by atoms with Crippen molar-refractivity contribution in [1.29, 1.82) is 0 Å². The number of furan rings is 1. The van der Waals surface area contributed by atoms with Crippen molar-refractivity contribution in [2.45, 2.75) is 19.5 Å². The maximum Gasteiger partial charge on any atom is 0.411 e. The maximum atomic E-state index is 12.2. The van der Waals surface area contributed by atoms with Gasteiger partial charge in [-0.3, -0.25) is 14.9 Å². The minimum atomic E-state index is -4.44. The molecule has 0 bridgehead atoms. The van der Waals surface area contributed by atoms with Gasteiger partial charge in [-0.15, -0.1) is 0 Å². The number of hydrogen-bond acceptors (Lipinski definition) is 7. The number of amides is 1. The molecular weight excluding hydrogens is 425 g/mol. The fourth-order valence-corrected chi connectivity index (χ4v) is 2.34. The van der Waals surface area contributed by atoms with Crippen LogP contribution in [0.4, 0.5) is 24.5 Å². The molecule has 0 saturated heterocycles. The Morgan fingerprint density at radius 3 is 2.65 bits per heavy atom. The zero-order valence-electron chi connectivity index (χ0n) is 15.7. The number of nitrogens with one attached hydrogen (secondary N) is 1. The summed E-state index contributed by atoms with van der Waals surface area (Å²) in [6.07, 6.45) is -1.89. The second-order valence-electron chi connectivity index (χ2n) is 6.12. The largest absolute Gasteiger partial charge is 0.486 e. The van der Waals surface area contributed by atoms with Gasteiger partial charge in [0.25, 0.3) is 11.6 Å². The van der Waals surface area contributed by atoms with Gasteiger partial charge in [-0.1, -0.05) is 0 Å². The van der Waals surface area contributed by atoms with E-state index in [0.29, 0.717) is 11.5 Å². The van der Waals surface area contributed by atoms with Gasteiger partial charge >= 0.3 is 6.18 Å². The second kappa shape index (κ2) is 9.30. The summed E-state index contributed by atoms with van der Waals surface area (Å²) in [5.41, 5.74) is 0.167. The number of nitro benzene ring substituents is 1. The van der Waals surface area contributed by atoms with Crippen LogP contribution < -0.4 is 10.1 Å². The van der Waals surface area contributed by atoms with E-state index in [4.69, 9.17) is 9.15 Å². The first-order valence-corrected chi connectivity index (χ1v) is 8.64. The highest BCUT2D eigenvalue weighted by atomic mass is 19.4. The minimum Gasteiger partial charge on any atom is -0.486 e. The summed E-state index contributed by atoms with van der Waals surface area (Å²) in [7, 11) is 0. The molecule has 0 aliphatic heterocycles. The van der Waals surface area contributed by atoms with Crippen LogP contribution in [0, 0.1) is 10.1 Å². The lowest BCUT2D eigenvalue weighted by atomic mass is 10.3. The van der Waals surface area contributed by atoms with E-state index in [1.54, 1.807) is 0 Å². The first-order valence-electron chi connectivity index (χ1n) is 8.64. The van der Waals surface area contributed by atoms with Crippen molar-refractivity contribution in [3.8, 4) is 5.75 Å². The van der Waals surface area contributed by atoms with Gasteiger partial charge in [-0.2, -0.15) is 18.3 Å². The molecule has 0 aliphatic carbocycles. The van der Waals surface area contributed by atoms with Crippen molar-refractivity contribution >= 4 is 17.3 Å². The fraction of sp³-hybridized carbons (Fsp3) is 0.222. The highest BCUT2D eigenvalue weighted by molar-refractivity contribution is 6.02. The van der Waals surface area contributed by atoms with Crippen molar-refractivity contribution in [2.24, 2.45) is 0 Å². The molecule has 2 heterocycles. The van der Waals surface area contributed by atoms with E-state index in [-0.39, 0.29) is 23.7 Å². The molecule has 0 fully saturated rings. The van der Waals surface area contributed by atoms with E-state index < -0.39 is 30.3 Å². The number of aromatic nitrogens is 2. The Bertz CT molecular complexity index is 1050. The van der Waals surface area contributed by atoms with Gasteiger partial charge in [0.1, 0.15) is 31.5 Å². The number of anilines is 1. The third kappa shape index (κ3) is 6.57. The van der Waals surface area contributed by atoms with Crippen LogP contribution in [0.1, 0.15) is 16.3 Å². The molecule has 13 heteroatoms. The quantitative estimate of drug-likeness (QED) is 0.397. The molecule has 2 aromatic heterocycles. The van der Waals surface area contributed by atoms with E-state index in [1.165, 1.54) is 48.8 Å². The van der Waals surface area contributed by atoms with Crippen molar-refractivity contribution in [1.82, 2.24) is 9.78 Å². The monoisotopic (exact) mass is 440 g/mol. The summed E-state index contributed by atoms with van der Waals surface area (Å²) in [6.45, 7) is -1.86. The molecule has 0 unspecified atom stereocenters. The van der Waals surface area contributed by atoms with Crippen LogP contribution in [0.25, 0.3) is 0 Å². The van der Waals surface area contributed by atoms with Gasteiger partial charge in [0.15, 0.2) is 5.76 Å². The highest BCUT2D eigenvalue weighted by Gasteiger charge is 2.27. The molecule has 0 aliphatic rings. The van der Waals surface area contributed by atoms with Crippen LogP contribution in [0.2, 0.25) is 0 Å². The van der Waals surface area contributed by atoms with Gasteiger partial charge < -0.3 is 19.2 Å². The van der Waals surface area contributed by atoms with Crippen molar-refractivity contribution in [3.05, 3.63) is 70.4 Å². The predicted molar refractivity (Wildman–Crippen MR) is 98.3 cm³/mol. The van der Waals surface area contributed by atoms with E-state index in [1.807, 2.05) is 0 Å². The molecule has 3 aromatic rings. The summed E-state index contributed by atoms with van der Waals surface area (Å²) in [4.78, 5) is 22.3. The number of alkyl halides is 3. The van der Waals surface area contributed by atoms with Crippen LogP contribution in [-0.2, 0) is 18.1 Å². The topological polar surface area (TPSA) is 122 Å². The number of non-ortho nitro benzene ring substituents is 1. The molecule has 0 atom stereocenters. The van der Waals surface area contributed by atoms with Crippen LogP contribution in [0.15, 0.2) is 53.2 Å². The van der Waals surface area contributed by atoms with Crippen molar-refractivity contribution < 1.29 is 36.8 Å². The zero-order valence-corrected chi connectivity index (χ0v) is 15.7. The second-order valence-corrected chi connectivity index (χ2v) is 6.12. The Morgan fingerprint density at radius 2 is 1.97 bits per heavy atom. The van der Waals surface area contributed by atoms with Gasteiger partial charge in [0.05, 0.1) is 23.0 Å². The molecular formula is C18H15F3N4O6. The Balaban J connectivity index is 1.49. The fourth-order valence-electron chi connectivity index (χ4n) is 2.34. The zero-order chi connectivity index (χ0) is 22.4.